The van der Waals surface area contributed by atoms with Gasteiger partial charge in [-0.25, -0.2) is 4.39 Å². The second-order valence-corrected chi connectivity index (χ2v) is 4.44. The number of benzene rings is 1. The quantitative estimate of drug-likeness (QED) is 0.867. The monoisotopic (exact) mass is 232 g/mol. The molecule has 0 saturated carbocycles. The van der Waals surface area contributed by atoms with Crippen LogP contribution in [0.25, 0.3) is 10.9 Å². The molecule has 0 atom stereocenters. The molecular formula is C14H17FN2. The van der Waals surface area contributed by atoms with Crippen LogP contribution in [-0.4, -0.2) is 11.5 Å². The summed E-state index contributed by atoms with van der Waals surface area (Å²) >= 11 is 0. The summed E-state index contributed by atoms with van der Waals surface area (Å²) in [6.45, 7) is 7.06. The number of anilines is 1. The third kappa shape index (κ3) is 2.38. The largest absolute Gasteiger partial charge is 0.385 e. The van der Waals surface area contributed by atoms with Crippen LogP contribution in [0.3, 0.4) is 0 Å². The lowest BCUT2D eigenvalue weighted by Crippen LogP contribution is -2.01. The van der Waals surface area contributed by atoms with Crippen LogP contribution in [0.15, 0.2) is 24.3 Å². The first kappa shape index (κ1) is 11.8. The van der Waals surface area contributed by atoms with Crippen LogP contribution in [0.4, 0.5) is 10.1 Å². The first-order valence-corrected chi connectivity index (χ1v) is 5.96. The predicted molar refractivity (Wildman–Crippen MR) is 70.0 cm³/mol. The molecule has 90 valence electrons. The average Bonchev–Trinajstić information content (AvgIpc) is 2.28. The molecule has 2 nitrogen and oxygen atoms in total. The van der Waals surface area contributed by atoms with Crippen molar-refractivity contribution in [3.63, 3.8) is 0 Å². The molecular weight excluding hydrogens is 215 g/mol. The zero-order valence-corrected chi connectivity index (χ0v) is 10.4. The van der Waals surface area contributed by atoms with Crippen molar-refractivity contribution in [2.75, 3.05) is 11.9 Å². The van der Waals surface area contributed by atoms with Gasteiger partial charge in [-0.05, 0) is 31.0 Å². The molecule has 2 rings (SSSR count). The Bertz CT molecular complexity index is 535. The summed E-state index contributed by atoms with van der Waals surface area (Å²) in [5, 5.41) is 4.27. The maximum Gasteiger partial charge on any atom is 0.125 e. The van der Waals surface area contributed by atoms with E-state index in [2.05, 4.69) is 30.2 Å². The summed E-state index contributed by atoms with van der Waals surface area (Å²) in [5.74, 6) is 0.0911. The van der Waals surface area contributed by atoms with Crippen LogP contribution in [0.1, 0.15) is 32.4 Å². The molecule has 1 heterocycles. The Labute approximate surface area is 101 Å². The number of aromatic nitrogens is 1. The van der Waals surface area contributed by atoms with Gasteiger partial charge in [0, 0.05) is 29.4 Å². The van der Waals surface area contributed by atoms with Crippen LogP contribution in [-0.2, 0) is 0 Å². The fourth-order valence-electron chi connectivity index (χ4n) is 1.85. The van der Waals surface area contributed by atoms with Crippen molar-refractivity contribution < 1.29 is 4.39 Å². The third-order valence-corrected chi connectivity index (χ3v) is 2.75. The minimum atomic E-state index is -0.242. The van der Waals surface area contributed by atoms with Gasteiger partial charge in [-0.1, -0.05) is 13.8 Å². The summed E-state index contributed by atoms with van der Waals surface area (Å²) in [4.78, 5) is 4.50. The molecule has 1 N–H and O–H groups in total. The molecule has 17 heavy (non-hydrogen) atoms. The SMILES string of the molecule is CCNc1cc(C(C)C)nc2cc(F)ccc12. The fraction of sp³-hybridized carbons (Fsp3) is 0.357. The van der Waals surface area contributed by atoms with Gasteiger partial charge < -0.3 is 5.32 Å². The predicted octanol–water partition coefficient (Wildman–Crippen LogP) is 3.93. The van der Waals surface area contributed by atoms with Gasteiger partial charge in [-0.15, -0.1) is 0 Å². The molecule has 1 aromatic carbocycles. The zero-order chi connectivity index (χ0) is 12.4. The summed E-state index contributed by atoms with van der Waals surface area (Å²) in [6, 6.07) is 6.79. The van der Waals surface area contributed by atoms with E-state index in [0.717, 1.165) is 23.3 Å². The van der Waals surface area contributed by atoms with Crippen molar-refractivity contribution in [1.29, 1.82) is 0 Å². The van der Waals surface area contributed by atoms with E-state index < -0.39 is 0 Å². The Hall–Kier alpha value is -1.64. The molecule has 0 aliphatic rings. The molecule has 3 heteroatoms. The molecule has 2 aromatic rings. The highest BCUT2D eigenvalue weighted by atomic mass is 19.1. The highest BCUT2D eigenvalue weighted by Crippen LogP contribution is 2.26. The first-order chi connectivity index (χ1) is 8.11. The Balaban J connectivity index is 2.67. The number of nitrogens with zero attached hydrogens (tertiary/aromatic N) is 1. The minimum absolute atomic E-state index is 0.242. The fourth-order valence-corrected chi connectivity index (χ4v) is 1.85. The van der Waals surface area contributed by atoms with Crippen molar-refractivity contribution in [3.05, 3.63) is 35.8 Å². The lowest BCUT2D eigenvalue weighted by Gasteiger charge is -2.12. The van der Waals surface area contributed by atoms with Crippen LogP contribution in [0, 0.1) is 5.82 Å². The van der Waals surface area contributed by atoms with Crippen LogP contribution < -0.4 is 5.32 Å². The molecule has 0 spiro atoms. The van der Waals surface area contributed by atoms with E-state index in [1.165, 1.54) is 12.1 Å². The summed E-state index contributed by atoms with van der Waals surface area (Å²) in [6.07, 6.45) is 0. The Kier molecular flexibility index (Phi) is 3.27. The Morgan fingerprint density at radius 3 is 2.71 bits per heavy atom. The van der Waals surface area contributed by atoms with Gasteiger partial charge in [0.25, 0.3) is 0 Å². The molecule has 0 bridgehead atoms. The van der Waals surface area contributed by atoms with E-state index in [-0.39, 0.29) is 5.82 Å². The zero-order valence-electron chi connectivity index (χ0n) is 10.4. The number of hydrogen-bond donors (Lipinski definition) is 1. The van der Waals surface area contributed by atoms with Crippen molar-refractivity contribution in [2.45, 2.75) is 26.7 Å². The van der Waals surface area contributed by atoms with Crippen LogP contribution in [0.5, 0.6) is 0 Å². The minimum Gasteiger partial charge on any atom is -0.385 e. The van der Waals surface area contributed by atoms with E-state index in [1.807, 2.05) is 6.92 Å². The number of halogens is 1. The number of hydrogen-bond acceptors (Lipinski definition) is 2. The molecule has 0 unspecified atom stereocenters. The molecule has 0 fully saturated rings. The summed E-state index contributed by atoms with van der Waals surface area (Å²) in [5.41, 5.74) is 2.73. The normalized spacial score (nSPS) is 11.1. The summed E-state index contributed by atoms with van der Waals surface area (Å²) < 4.78 is 13.2. The maximum atomic E-state index is 13.2. The smallest absolute Gasteiger partial charge is 0.125 e. The third-order valence-electron chi connectivity index (χ3n) is 2.75. The lowest BCUT2D eigenvalue weighted by molar-refractivity contribution is 0.629. The van der Waals surface area contributed by atoms with Crippen molar-refractivity contribution in [1.82, 2.24) is 4.98 Å². The van der Waals surface area contributed by atoms with E-state index in [9.17, 15) is 4.39 Å². The van der Waals surface area contributed by atoms with Gasteiger partial charge in [-0.3, -0.25) is 4.98 Å². The van der Waals surface area contributed by atoms with E-state index >= 15 is 0 Å². The number of rotatable bonds is 3. The number of pyridine rings is 1. The van der Waals surface area contributed by atoms with Gasteiger partial charge in [0.05, 0.1) is 5.52 Å². The molecule has 0 radical (unpaired) electrons. The second kappa shape index (κ2) is 4.70. The molecule has 0 amide bonds. The van der Waals surface area contributed by atoms with E-state index in [0.29, 0.717) is 11.4 Å². The highest BCUT2D eigenvalue weighted by Gasteiger charge is 2.08. The summed E-state index contributed by atoms with van der Waals surface area (Å²) in [7, 11) is 0. The maximum absolute atomic E-state index is 13.2. The Morgan fingerprint density at radius 2 is 2.06 bits per heavy atom. The van der Waals surface area contributed by atoms with E-state index in [1.54, 1.807) is 6.07 Å². The van der Waals surface area contributed by atoms with Gasteiger partial charge in [0.1, 0.15) is 5.82 Å². The van der Waals surface area contributed by atoms with Gasteiger partial charge in [0.2, 0.25) is 0 Å². The van der Waals surface area contributed by atoms with Gasteiger partial charge in [-0.2, -0.15) is 0 Å². The lowest BCUT2D eigenvalue weighted by atomic mass is 10.1. The van der Waals surface area contributed by atoms with E-state index in [4.69, 9.17) is 0 Å². The first-order valence-electron chi connectivity index (χ1n) is 5.96. The second-order valence-electron chi connectivity index (χ2n) is 4.44. The highest BCUT2D eigenvalue weighted by molar-refractivity contribution is 5.91. The van der Waals surface area contributed by atoms with Crippen molar-refractivity contribution in [3.8, 4) is 0 Å². The number of fused-ring (bicyclic) bond motifs is 1. The van der Waals surface area contributed by atoms with Gasteiger partial charge >= 0.3 is 0 Å². The van der Waals surface area contributed by atoms with Gasteiger partial charge in [0.15, 0.2) is 0 Å². The Morgan fingerprint density at radius 1 is 1.29 bits per heavy atom. The van der Waals surface area contributed by atoms with Crippen LogP contribution >= 0.6 is 0 Å². The van der Waals surface area contributed by atoms with Crippen LogP contribution in [0.2, 0.25) is 0 Å². The average molecular weight is 232 g/mol. The number of nitrogens with one attached hydrogen (secondary N) is 1. The molecule has 1 aromatic heterocycles. The molecule has 0 aliphatic carbocycles. The topological polar surface area (TPSA) is 24.9 Å². The molecule has 0 aliphatic heterocycles. The molecule has 0 saturated heterocycles. The van der Waals surface area contributed by atoms with Crippen molar-refractivity contribution >= 4 is 16.6 Å². The standard InChI is InChI=1S/C14H17FN2/c1-4-16-13-8-12(9(2)3)17-14-7-10(15)5-6-11(13)14/h5-9H,4H2,1-3H3,(H,16,17). The van der Waals surface area contributed by atoms with Crippen molar-refractivity contribution in [2.24, 2.45) is 0 Å².